The Morgan fingerprint density at radius 3 is 2.39 bits per heavy atom. The van der Waals surface area contributed by atoms with Crippen LogP contribution in [0.3, 0.4) is 0 Å². The van der Waals surface area contributed by atoms with Gasteiger partial charge in [0.15, 0.2) is 6.29 Å². The van der Waals surface area contributed by atoms with Gasteiger partial charge in [0, 0.05) is 54.9 Å². The minimum absolute atomic E-state index is 0.225. The fourth-order valence-corrected chi connectivity index (χ4v) is 4.55. The van der Waals surface area contributed by atoms with Crippen molar-refractivity contribution < 1.29 is 19.1 Å². The summed E-state index contributed by atoms with van der Waals surface area (Å²) in [5, 5.41) is 0.225. The van der Waals surface area contributed by atoms with Crippen molar-refractivity contribution in [2.24, 2.45) is 0 Å². The highest BCUT2D eigenvalue weighted by molar-refractivity contribution is 6.30. The molecule has 0 spiro atoms. The molecule has 2 aromatic carbocycles. The minimum Gasteiger partial charge on any atom is -0.379 e. The fourth-order valence-electron chi connectivity index (χ4n) is 4.34. The van der Waals surface area contributed by atoms with Crippen LogP contribution >= 0.6 is 11.6 Å². The number of hydroxylamine groups is 1. The molecule has 3 heterocycles. The van der Waals surface area contributed by atoms with Crippen molar-refractivity contribution in [2.45, 2.75) is 32.1 Å². The van der Waals surface area contributed by atoms with Crippen molar-refractivity contribution in [3.05, 3.63) is 88.1 Å². The Labute approximate surface area is 228 Å². The summed E-state index contributed by atoms with van der Waals surface area (Å²) in [7, 11) is 0. The van der Waals surface area contributed by atoms with Gasteiger partial charge in [0.2, 0.25) is 0 Å². The summed E-state index contributed by atoms with van der Waals surface area (Å²) in [6.07, 6.45) is 2.34. The van der Waals surface area contributed by atoms with Crippen molar-refractivity contribution in [3.8, 4) is 23.1 Å². The smallest absolute Gasteiger partial charge is 0.275 e. The number of pyridine rings is 1. The highest BCUT2D eigenvalue weighted by Gasteiger charge is 2.17. The average Bonchev–Trinajstić information content (AvgIpc) is 2.96. The topological polar surface area (TPSA) is 72.9 Å². The van der Waals surface area contributed by atoms with E-state index in [2.05, 4.69) is 51.5 Å². The summed E-state index contributed by atoms with van der Waals surface area (Å²) >= 11 is 6.22. The van der Waals surface area contributed by atoms with Crippen LogP contribution in [-0.2, 0) is 20.9 Å². The van der Waals surface area contributed by atoms with E-state index in [0.717, 1.165) is 68.8 Å². The van der Waals surface area contributed by atoms with Crippen molar-refractivity contribution in [3.63, 3.8) is 0 Å². The lowest BCUT2D eigenvalue weighted by atomic mass is 10.1. The SMILES string of the molecule is O=C(NOC1CCCCO1)c1cc(Cl)nc(-c2ccc(C#Cc3ccc(CN4CCOCC4)cc3)cc2)c1. The van der Waals surface area contributed by atoms with E-state index in [9.17, 15) is 4.79 Å². The molecule has 0 radical (unpaired) electrons. The number of benzene rings is 2. The second-order valence-corrected chi connectivity index (χ2v) is 9.71. The number of nitrogens with one attached hydrogen (secondary N) is 1. The maximum Gasteiger partial charge on any atom is 0.275 e. The van der Waals surface area contributed by atoms with Gasteiger partial charge < -0.3 is 9.47 Å². The first-order valence-corrected chi connectivity index (χ1v) is 13.3. The van der Waals surface area contributed by atoms with Crippen molar-refractivity contribution in [1.82, 2.24) is 15.4 Å². The van der Waals surface area contributed by atoms with Crippen LogP contribution in [0.2, 0.25) is 5.15 Å². The highest BCUT2D eigenvalue weighted by Crippen LogP contribution is 2.22. The Morgan fingerprint density at radius 1 is 1.00 bits per heavy atom. The molecule has 1 aromatic heterocycles. The summed E-state index contributed by atoms with van der Waals surface area (Å²) in [6.45, 7) is 5.12. The number of rotatable bonds is 6. The molecule has 38 heavy (non-hydrogen) atoms. The number of morpholine rings is 1. The third-order valence-electron chi connectivity index (χ3n) is 6.47. The molecule has 1 atom stereocenters. The Hall–Kier alpha value is -3.25. The van der Waals surface area contributed by atoms with Crippen LogP contribution < -0.4 is 5.48 Å². The van der Waals surface area contributed by atoms with E-state index in [0.29, 0.717) is 17.9 Å². The van der Waals surface area contributed by atoms with E-state index in [4.69, 9.17) is 25.9 Å². The molecule has 2 aliphatic heterocycles. The second-order valence-electron chi connectivity index (χ2n) is 9.32. The number of carbonyl (C=O) groups excluding carboxylic acids is 1. The number of ether oxygens (including phenoxy) is 2. The van der Waals surface area contributed by atoms with Crippen LogP contribution in [0.25, 0.3) is 11.3 Å². The van der Waals surface area contributed by atoms with Crippen LogP contribution in [0.4, 0.5) is 0 Å². The molecule has 5 rings (SSSR count). The number of nitrogens with zero attached hydrogens (tertiary/aromatic N) is 2. The van der Waals surface area contributed by atoms with Gasteiger partial charge in [0.25, 0.3) is 5.91 Å². The Bertz CT molecular complexity index is 1290. The van der Waals surface area contributed by atoms with E-state index in [1.807, 2.05) is 24.3 Å². The van der Waals surface area contributed by atoms with Gasteiger partial charge in [-0.3, -0.25) is 9.69 Å². The number of hydrogen-bond donors (Lipinski definition) is 1. The van der Waals surface area contributed by atoms with Gasteiger partial charge in [-0.15, -0.1) is 0 Å². The lowest BCUT2D eigenvalue weighted by Crippen LogP contribution is -2.35. The summed E-state index contributed by atoms with van der Waals surface area (Å²) in [5.74, 6) is 6.04. The van der Waals surface area contributed by atoms with E-state index in [-0.39, 0.29) is 5.15 Å². The molecule has 0 saturated carbocycles. The van der Waals surface area contributed by atoms with Crippen molar-refractivity contribution in [1.29, 1.82) is 0 Å². The van der Waals surface area contributed by atoms with Crippen molar-refractivity contribution in [2.75, 3.05) is 32.9 Å². The van der Waals surface area contributed by atoms with E-state index in [1.165, 1.54) is 11.6 Å². The maximum atomic E-state index is 12.6. The van der Waals surface area contributed by atoms with Gasteiger partial charge in [-0.2, -0.15) is 0 Å². The molecule has 196 valence electrons. The summed E-state index contributed by atoms with van der Waals surface area (Å²) in [4.78, 5) is 24.8. The van der Waals surface area contributed by atoms with Gasteiger partial charge in [-0.25, -0.2) is 15.3 Å². The van der Waals surface area contributed by atoms with Crippen LogP contribution in [0.5, 0.6) is 0 Å². The predicted octanol–water partition coefficient (Wildman–Crippen LogP) is 4.82. The molecule has 8 heteroatoms. The molecule has 1 amide bonds. The number of carbonyl (C=O) groups is 1. The summed E-state index contributed by atoms with van der Waals surface area (Å²) < 4.78 is 10.9. The standard InChI is InChI=1S/C30H30ClN3O4/c31-28-20-26(30(35)33-38-29-3-1-2-16-37-29)19-27(32-28)25-12-10-23(11-13-25)5-4-22-6-8-24(9-7-22)21-34-14-17-36-18-15-34/h6-13,19-20,29H,1-3,14-18,21H2,(H,33,35). The van der Waals surface area contributed by atoms with E-state index >= 15 is 0 Å². The van der Waals surface area contributed by atoms with Gasteiger partial charge >= 0.3 is 0 Å². The fraction of sp³-hybridized carbons (Fsp3) is 0.333. The van der Waals surface area contributed by atoms with Crippen molar-refractivity contribution >= 4 is 17.5 Å². The zero-order chi connectivity index (χ0) is 26.2. The van der Waals surface area contributed by atoms with Gasteiger partial charge in [-0.1, -0.05) is 47.7 Å². The molecular formula is C30H30ClN3O4. The first kappa shape index (κ1) is 26.4. The first-order chi connectivity index (χ1) is 18.6. The van der Waals surface area contributed by atoms with Gasteiger partial charge in [0.05, 0.1) is 18.9 Å². The Morgan fingerprint density at radius 2 is 1.71 bits per heavy atom. The quantitative estimate of drug-likeness (QED) is 0.279. The van der Waals surface area contributed by atoms with Crippen LogP contribution in [0.1, 0.15) is 46.3 Å². The molecule has 2 aliphatic rings. The zero-order valence-electron chi connectivity index (χ0n) is 21.1. The molecule has 2 saturated heterocycles. The number of aromatic nitrogens is 1. The Balaban J connectivity index is 1.20. The monoisotopic (exact) mass is 531 g/mol. The molecule has 7 nitrogen and oxygen atoms in total. The zero-order valence-corrected chi connectivity index (χ0v) is 21.9. The lowest BCUT2D eigenvalue weighted by Gasteiger charge is -2.26. The summed E-state index contributed by atoms with van der Waals surface area (Å²) in [6, 6.07) is 19.3. The Kier molecular flexibility index (Phi) is 9.02. The van der Waals surface area contributed by atoms with Gasteiger partial charge in [-0.05, 0) is 54.8 Å². The average molecular weight is 532 g/mol. The molecule has 2 fully saturated rings. The molecule has 0 aliphatic carbocycles. The molecular weight excluding hydrogens is 502 g/mol. The largest absolute Gasteiger partial charge is 0.379 e. The van der Waals surface area contributed by atoms with E-state index < -0.39 is 12.2 Å². The van der Waals surface area contributed by atoms with E-state index in [1.54, 1.807) is 6.07 Å². The first-order valence-electron chi connectivity index (χ1n) is 12.9. The third kappa shape index (κ3) is 7.41. The number of amides is 1. The third-order valence-corrected chi connectivity index (χ3v) is 6.67. The molecule has 1 N–H and O–H groups in total. The predicted molar refractivity (Wildman–Crippen MR) is 145 cm³/mol. The summed E-state index contributed by atoms with van der Waals surface area (Å²) in [5.41, 5.74) is 7.36. The normalized spacial score (nSPS) is 17.9. The molecule has 3 aromatic rings. The molecule has 0 bridgehead atoms. The minimum atomic E-state index is -0.425. The lowest BCUT2D eigenvalue weighted by molar-refractivity contribution is -0.186. The second kappa shape index (κ2) is 13.0. The number of hydrogen-bond acceptors (Lipinski definition) is 6. The maximum absolute atomic E-state index is 12.6. The van der Waals surface area contributed by atoms with Gasteiger partial charge in [0.1, 0.15) is 5.15 Å². The van der Waals surface area contributed by atoms with Crippen LogP contribution in [0, 0.1) is 11.8 Å². The number of halogens is 1. The van der Waals surface area contributed by atoms with Crippen LogP contribution in [0.15, 0.2) is 60.7 Å². The van der Waals surface area contributed by atoms with Crippen LogP contribution in [-0.4, -0.2) is 55.0 Å². The molecule has 1 unspecified atom stereocenters. The highest BCUT2D eigenvalue weighted by atomic mass is 35.5.